The van der Waals surface area contributed by atoms with Crippen molar-refractivity contribution in [3.05, 3.63) is 60.4 Å². The smallest absolute Gasteiger partial charge is 0.169 e. The Morgan fingerprint density at radius 1 is 1.14 bits per heavy atom. The summed E-state index contributed by atoms with van der Waals surface area (Å²) in [4.78, 5) is 19.2. The van der Waals surface area contributed by atoms with Gasteiger partial charge in [0, 0.05) is 17.1 Å². The van der Waals surface area contributed by atoms with Crippen LogP contribution >= 0.6 is 11.8 Å². The second-order valence-electron chi connectivity index (χ2n) is 4.67. The molecule has 0 unspecified atom stereocenters. The second-order valence-corrected chi connectivity index (χ2v) is 5.70. The Kier molecular flexibility index (Phi) is 2.79. The van der Waals surface area contributed by atoms with Gasteiger partial charge < -0.3 is 4.98 Å². The van der Waals surface area contributed by atoms with Crippen LogP contribution in [0.1, 0.15) is 10.5 Å². The second kappa shape index (κ2) is 4.79. The fourth-order valence-corrected chi connectivity index (χ4v) is 3.33. The molecule has 3 heterocycles. The Balaban J connectivity index is 1.81. The molecule has 4 nitrogen and oxygen atoms in total. The van der Waals surface area contributed by atoms with Crippen LogP contribution in [0.2, 0.25) is 0 Å². The molecule has 102 valence electrons. The third-order valence-electron chi connectivity index (χ3n) is 3.36. The van der Waals surface area contributed by atoms with Crippen LogP contribution in [0.5, 0.6) is 0 Å². The molecule has 4 aromatic rings. The summed E-state index contributed by atoms with van der Waals surface area (Å²) in [6, 6.07) is 15.8. The molecular formula is C16H11N3OS. The van der Waals surface area contributed by atoms with Gasteiger partial charge >= 0.3 is 0 Å². The first-order chi connectivity index (χ1) is 10.3. The number of H-pyrrole nitrogens is 1. The van der Waals surface area contributed by atoms with Gasteiger partial charge in [-0.15, -0.1) is 0 Å². The van der Waals surface area contributed by atoms with E-state index in [4.69, 9.17) is 0 Å². The fraction of sp³-hybridized carbons (Fsp3) is 0. The number of benzene rings is 1. The molecule has 0 aliphatic carbocycles. The van der Waals surface area contributed by atoms with Gasteiger partial charge in [0.15, 0.2) is 6.29 Å². The minimum atomic E-state index is 0.578. The summed E-state index contributed by atoms with van der Waals surface area (Å²) < 4.78 is 1.80. The molecule has 0 radical (unpaired) electrons. The van der Waals surface area contributed by atoms with Crippen LogP contribution in [0.4, 0.5) is 0 Å². The number of para-hydroxylation sites is 1. The molecule has 0 fully saturated rings. The highest BCUT2D eigenvalue weighted by atomic mass is 32.2. The lowest BCUT2D eigenvalue weighted by Crippen LogP contribution is -1.90. The predicted octanol–water partition coefficient (Wildman–Crippen LogP) is 3.78. The maximum absolute atomic E-state index is 11.4. The number of aromatic amines is 1. The van der Waals surface area contributed by atoms with Crippen LogP contribution in [0.25, 0.3) is 16.6 Å². The summed E-state index contributed by atoms with van der Waals surface area (Å²) in [6.07, 6.45) is 2.70. The third-order valence-corrected chi connectivity index (χ3v) is 4.29. The van der Waals surface area contributed by atoms with E-state index < -0.39 is 0 Å². The fourth-order valence-electron chi connectivity index (χ4n) is 2.38. The molecule has 0 aliphatic heterocycles. The van der Waals surface area contributed by atoms with E-state index in [0.717, 1.165) is 27.9 Å². The first-order valence-electron chi connectivity index (χ1n) is 6.53. The molecule has 0 atom stereocenters. The highest BCUT2D eigenvalue weighted by molar-refractivity contribution is 7.99. The maximum atomic E-state index is 11.4. The first kappa shape index (κ1) is 12.2. The summed E-state index contributed by atoms with van der Waals surface area (Å²) >= 11 is 1.47. The average Bonchev–Trinajstić information content (AvgIpc) is 3.06. The van der Waals surface area contributed by atoms with Gasteiger partial charge in [0.05, 0.1) is 5.03 Å². The molecule has 5 heteroatoms. The minimum Gasteiger partial charge on any atom is -0.349 e. The number of carbonyl (C=O) groups is 1. The van der Waals surface area contributed by atoms with Gasteiger partial charge in [0.25, 0.3) is 0 Å². The average molecular weight is 293 g/mol. The normalized spacial score (nSPS) is 11.2. The van der Waals surface area contributed by atoms with Crippen molar-refractivity contribution in [3.63, 3.8) is 0 Å². The molecule has 0 amide bonds. The summed E-state index contributed by atoms with van der Waals surface area (Å²) in [5.74, 6) is 0. The lowest BCUT2D eigenvalue weighted by molar-refractivity contribution is 0.111. The van der Waals surface area contributed by atoms with Crippen molar-refractivity contribution < 1.29 is 4.79 Å². The highest BCUT2D eigenvalue weighted by Crippen LogP contribution is 2.31. The molecular weight excluding hydrogens is 282 g/mol. The van der Waals surface area contributed by atoms with Gasteiger partial charge in [-0.2, -0.15) is 0 Å². The number of pyridine rings is 1. The SMILES string of the molecule is O=Cc1c(Sc2cc3ccccc3[nH]2)nc2ccccn12. The van der Waals surface area contributed by atoms with Crippen LogP contribution in [-0.2, 0) is 0 Å². The quantitative estimate of drug-likeness (QED) is 0.585. The molecule has 21 heavy (non-hydrogen) atoms. The lowest BCUT2D eigenvalue weighted by atomic mass is 10.3. The van der Waals surface area contributed by atoms with Gasteiger partial charge in [0.2, 0.25) is 0 Å². The molecule has 3 aromatic heterocycles. The van der Waals surface area contributed by atoms with Crippen LogP contribution < -0.4 is 0 Å². The van der Waals surface area contributed by atoms with Crippen LogP contribution in [0.15, 0.2) is 64.8 Å². The number of rotatable bonds is 3. The summed E-state index contributed by atoms with van der Waals surface area (Å²) in [7, 11) is 0. The first-order valence-corrected chi connectivity index (χ1v) is 7.35. The highest BCUT2D eigenvalue weighted by Gasteiger charge is 2.13. The van der Waals surface area contributed by atoms with Crippen LogP contribution in [0.3, 0.4) is 0 Å². The Morgan fingerprint density at radius 2 is 2.00 bits per heavy atom. The zero-order valence-corrected chi connectivity index (χ0v) is 11.8. The van der Waals surface area contributed by atoms with Gasteiger partial charge in [-0.1, -0.05) is 24.3 Å². The number of nitrogens with zero attached hydrogens (tertiary/aromatic N) is 2. The predicted molar refractivity (Wildman–Crippen MR) is 83.0 cm³/mol. The number of hydrogen-bond acceptors (Lipinski definition) is 3. The number of aromatic nitrogens is 3. The topological polar surface area (TPSA) is 50.2 Å². The van der Waals surface area contributed by atoms with Crippen LogP contribution in [-0.4, -0.2) is 20.7 Å². The lowest BCUT2D eigenvalue weighted by Gasteiger charge is -1.95. The van der Waals surface area contributed by atoms with Crippen molar-refractivity contribution in [2.75, 3.05) is 0 Å². The van der Waals surface area contributed by atoms with Gasteiger partial charge in [-0.25, -0.2) is 4.98 Å². The Bertz CT molecular complexity index is 921. The number of fused-ring (bicyclic) bond motifs is 2. The summed E-state index contributed by atoms with van der Waals surface area (Å²) in [5.41, 5.74) is 2.43. The molecule has 4 rings (SSSR count). The maximum Gasteiger partial charge on any atom is 0.169 e. The van der Waals surface area contributed by atoms with E-state index in [9.17, 15) is 4.79 Å². The number of imidazole rings is 1. The molecule has 0 bridgehead atoms. The summed E-state index contributed by atoms with van der Waals surface area (Å²) in [5, 5.41) is 2.84. The van der Waals surface area contributed by atoms with Gasteiger partial charge in [-0.3, -0.25) is 9.20 Å². The number of hydrogen-bond donors (Lipinski definition) is 1. The van der Waals surface area contributed by atoms with Crippen molar-refractivity contribution in [2.45, 2.75) is 10.1 Å². The van der Waals surface area contributed by atoms with Crippen molar-refractivity contribution >= 4 is 34.6 Å². The summed E-state index contributed by atoms with van der Waals surface area (Å²) in [6.45, 7) is 0. The zero-order valence-electron chi connectivity index (χ0n) is 11.0. The third kappa shape index (κ3) is 2.02. The van der Waals surface area contributed by atoms with Crippen molar-refractivity contribution in [1.29, 1.82) is 0 Å². The minimum absolute atomic E-state index is 0.578. The molecule has 1 N–H and O–H groups in total. The van der Waals surface area contributed by atoms with E-state index in [-0.39, 0.29) is 0 Å². The van der Waals surface area contributed by atoms with Gasteiger partial charge in [0.1, 0.15) is 16.4 Å². The Hall–Kier alpha value is -2.53. The standard InChI is InChI=1S/C16H11N3OS/c20-10-13-16(18-14-7-3-4-8-19(13)14)21-15-9-11-5-1-2-6-12(11)17-15/h1-10,17H. The molecule has 1 aromatic carbocycles. The van der Waals surface area contributed by atoms with Crippen molar-refractivity contribution in [3.8, 4) is 0 Å². The van der Waals surface area contributed by atoms with Gasteiger partial charge in [-0.05, 0) is 36.0 Å². The van der Waals surface area contributed by atoms with Crippen molar-refractivity contribution in [1.82, 2.24) is 14.4 Å². The Morgan fingerprint density at radius 3 is 2.86 bits per heavy atom. The van der Waals surface area contributed by atoms with E-state index in [1.54, 1.807) is 4.40 Å². The molecule has 0 saturated carbocycles. The number of carbonyl (C=O) groups excluding carboxylic acids is 1. The zero-order chi connectivity index (χ0) is 14.2. The van der Waals surface area contributed by atoms with Crippen molar-refractivity contribution in [2.24, 2.45) is 0 Å². The monoisotopic (exact) mass is 293 g/mol. The molecule has 0 spiro atoms. The van der Waals surface area contributed by atoms with E-state index in [1.165, 1.54) is 11.8 Å². The van der Waals surface area contributed by atoms with E-state index >= 15 is 0 Å². The van der Waals surface area contributed by atoms with E-state index in [2.05, 4.69) is 22.1 Å². The van der Waals surface area contributed by atoms with E-state index in [0.29, 0.717) is 10.7 Å². The van der Waals surface area contributed by atoms with E-state index in [1.807, 2.05) is 42.6 Å². The van der Waals surface area contributed by atoms with Crippen LogP contribution in [0, 0.1) is 0 Å². The Labute approximate surface area is 124 Å². The molecule has 0 aliphatic rings. The largest absolute Gasteiger partial charge is 0.349 e. The molecule has 0 saturated heterocycles. The number of aldehydes is 1. The number of nitrogens with one attached hydrogen (secondary N) is 1.